The van der Waals surface area contributed by atoms with Gasteiger partial charge in [-0.2, -0.15) is 5.26 Å². The summed E-state index contributed by atoms with van der Waals surface area (Å²) >= 11 is 0. The number of nitrogens with zero attached hydrogens (tertiary/aromatic N) is 1. The quantitative estimate of drug-likeness (QED) is 0.905. The van der Waals surface area contributed by atoms with Crippen LogP contribution in [0.15, 0.2) is 42.5 Å². The van der Waals surface area contributed by atoms with Gasteiger partial charge in [0.05, 0.1) is 17.9 Å². The molecule has 0 atom stereocenters. The lowest BCUT2D eigenvalue weighted by atomic mass is 10.1. The van der Waals surface area contributed by atoms with Gasteiger partial charge in [0.2, 0.25) is 0 Å². The van der Waals surface area contributed by atoms with Crippen LogP contribution in [0.2, 0.25) is 0 Å². The normalized spacial score (nSPS) is 10.1. The number of nitriles is 1. The molecule has 0 aliphatic carbocycles. The first-order valence-electron chi connectivity index (χ1n) is 6.24. The molecule has 0 bridgehead atoms. The highest BCUT2D eigenvalue weighted by Gasteiger charge is 2.05. The number of benzene rings is 2. The molecule has 3 nitrogen and oxygen atoms in total. The smallest absolute Gasteiger partial charge is 0.124 e. The van der Waals surface area contributed by atoms with Gasteiger partial charge in [0.1, 0.15) is 11.9 Å². The van der Waals surface area contributed by atoms with Crippen LogP contribution < -0.4 is 5.32 Å². The van der Waals surface area contributed by atoms with E-state index in [1.54, 1.807) is 13.2 Å². The van der Waals surface area contributed by atoms with Gasteiger partial charge in [0.15, 0.2) is 0 Å². The molecule has 4 heteroatoms. The third-order valence-electron chi connectivity index (χ3n) is 2.99. The van der Waals surface area contributed by atoms with Crippen LogP contribution in [0, 0.1) is 17.1 Å². The molecule has 2 aromatic carbocycles. The van der Waals surface area contributed by atoms with Crippen molar-refractivity contribution in [3.63, 3.8) is 0 Å². The molecule has 0 amide bonds. The number of rotatable bonds is 5. The summed E-state index contributed by atoms with van der Waals surface area (Å²) in [6.07, 6.45) is 0. The minimum atomic E-state index is -0.410. The van der Waals surface area contributed by atoms with Crippen LogP contribution in [0.4, 0.5) is 10.1 Å². The Bertz CT molecular complexity index is 635. The summed E-state index contributed by atoms with van der Waals surface area (Å²) < 4.78 is 18.2. The third kappa shape index (κ3) is 3.34. The Kier molecular flexibility index (Phi) is 4.70. The maximum absolute atomic E-state index is 13.1. The molecule has 2 aromatic rings. The van der Waals surface area contributed by atoms with Crippen molar-refractivity contribution in [2.75, 3.05) is 12.4 Å². The highest BCUT2D eigenvalue weighted by atomic mass is 19.1. The minimum Gasteiger partial charge on any atom is -0.380 e. The number of halogens is 1. The van der Waals surface area contributed by atoms with Crippen molar-refractivity contribution in [2.45, 2.75) is 13.2 Å². The predicted molar refractivity (Wildman–Crippen MR) is 75.6 cm³/mol. The van der Waals surface area contributed by atoms with E-state index in [1.165, 1.54) is 12.1 Å². The fourth-order valence-corrected chi connectivity index (χ4v) is 1.98. The topological polar surface area (TPSA) is 45.0 Å². The van der Waals surface area contributed by atoms with E-state index in [1.807, 2.05) is 30.3 Å². The zero-order valence-electron chi connectivity index (χ0n) is 11.2. The van der Waals surface area contributed by atoms with Crippen LogP contribution in [-0.2, 0) is 17.9 Å². The number of hydrogen-bond acceptors (Lipinski definition) is 3. The van der Waals surface area contributed by atoms with Gasteiger partial charge in [0, 0.05) is 13.7 Å². The molecule has 0 heterocycles. The Labute approximate surface area is 117 Å². The van der Waals surface area contributed by atoms with E-state index in [2.05, 4.69) is 5.32 Å². The minimum absolute atomic E-state index is 0.300. The van der Waals surface area contributed by atoms with E-state index in [9.17, 15) is 4.39 Å². The Hall–Kier alpha value is -2.38. The van der Waals surface area contributed by atoms with Gasteiger partial charge in [-0.05, 0) is 29.3 Å². The summed E-state index contributed by atoms with van der Waals surface area (Å²) in [6.45, 7) is 1.09. The molecule has 0 aliphatic rings. The van der Waals surface area contributed by atoms with Crippen molar-refractivity contribution < 1.29 is 9.13 Å². The second-order valence-electron chi connectivity index (χ2n) is 4.36. The van der Waals surface area contributed by atoms with E-state index in [-0.39, 0.29) is 0 Å². The maximum atomic E-state index is 13.1. The number of ether oxygens (including phenoxy) is 1. The maximum Gasteiger partial charge on any atom is 0.124 e. The number of anilines is 1. The lowest BCUT2D eigenvalue weighted by molar-refractivity contribution is 0.184. The van der Waals surface area contributed by atoms with Crippen LogP contribution in [0.1, 0.15) is 16.7 Å². The zero-order chi connectivity index (χ0) is 14.4. The van der Waals surface area contributed by atoms with Crippen LogP contribution in [0.3, 0.4) is 0 Å². The van der Waals surface area contributed by atoms with Gasteiger partial charge in [-0.15, -0.1) is 0 Å². The van der Waals surface area contributed by atoms with Gasteiger partial charge < -0.3 is 10.1 Å². The Morgan fingerprint density at radius 3 is 2.65 bits per heavy atom. The molecular weight excluding hydrogens is 255 g/mol. The summed E-state index contributed by atoms with van der Waals surface area (Å²) in [5.41, 5.74) is 3.10. The van der Waals surface area contributed by atoms with E-state index in [4.69, 9.17) is 10.00 Å². The molecule has 0 aliphatic heterocycles. The Balaban J connectivity index is 2.15. The summed E-state index contributed by atoms with van der Waals surface area (Å²) in [7, 11) is 1.65. The fourth-order valence-electron chi connectivity index (χ4n) is 1.98. The SMILES string of the molecule is COCc1ccccc1CNc1ccc(F)cc1C#N. The van der Waals surface area contributed by atoms with Crippen LogP contribution in [-0.4, -0.2) is 7.11 Å². The third-order valence-corrected chi connectivity index (χ3v) is 2.99. The zero-order valence-corrected chi connectivity index (χ0v) is 11.2. The Morgan fingerprint density at radius 1 is 1.20 bits per heavy atom. The van der Waals surface area contributed by atoms with Crippen molar-refractivity contribution in [2.24, 2.45) is 0 Å². The lowest BCUT2D eigenvalue weighted by Crippen LogP contribution is -2.05. The van der Waals surface area contributed by atoms with Crippen molar-refractivity contribution >= 4 is 5.69 Å². The lowest BCUT2D eigenvalue weighted by Gasteiger charge is -2.12. The molecule has 0 aromatic heterocycles. The highest BCUT2D eigenvalue weighted by molar-refractivity contribution is 5.57. The van der Waals surface area contributed by atoms with Crippen molar-refractivity contribution in [1.82, 2.24) is 0 Å². The molecule has 0 fully saturated rings. The number of methoxy groups -OCH3 is 1. The molecule has 0 radical (unpaired) electrons. The summed E-state index contributed by atoms with van der Waals surface area (Å²) in [5.74, 6) is -0.410. The molecule has 20 heavy (non-hydrogen) atoms. The van der Waals surface area contributed by atoms with Gasteiger partial charge >= 0.3 is 0 Å². The van der Waals surface area contributed by atoms with E-state index in [0.717, 1.165) is 11.1 Å². The van der Waals surface area contributed by atoms with E-state index in [0.29, 0.717) is 24.4 Å². The van der Waals surface area contributed by atoms with Gasteiger partial charge in [-0.1, -0.05) is 24.3 Å². The standard InChI is InChI=1S/C16H15FN2O/c1-20-11-13-5-3-2-4-12(13)10-19-16-7-6-15(17)8-14(16)9-18/h2-8,19H,10-11H2,1H3. The molecule has 0 unspecified atom stereocenters. The predicted octanol–water partition coefficient (Wildman–Crippen LogP) is 3.46. The molecule has 102 valence electrons. The molecule has 0 saturated carbocycles. The number of hydrogen-bond donors (Lipinski definition) is 1. The average molecular weight is 270 g/mol. The van der Waals surface area contributed by atoms with E-state index < -0.39 is 5.82 Å². The highest BCUT2D eigenvalue weighted by Crippen LogP contribution is 2.18. The second kappa shape index (κ2) is 6.69. The second-order valence-corrected chi connectivity index (χ2v) is 4.36. The molecule has 1 N–H and O–H groups in total. The molecule has 0 saturated heterocycles. The van der Waals surface area contributed by atoms with Gasteiger partial charge in [-0.25, -0.2) is 4.39 Å². The van der Waals surface area contributed by atoms with Crippen molar-refractivity contribution in [3.8, 4) is 6.07 Å². The van der Waals surface area contributed by atoms with Crippen molar-refractivity contribution in [3.05, 3.63) is 65.0 Å². The number of nitrogens with one attached hydrogen (secondary N) is 1. The van der Waals surface area contributed by atoms with Crippen LogP contribution >= 0.6 is 0 Å². The van der Waals surface area contributed by atoms with Crippen molar-refractivity contribution in [1.29, 1.82) is 5.26 Å². The average Bonchev–Trinajstić information content (AvgIpc) is 2.47. The first-order chi connectivity index (χ1) is 9.74. The van der Waals surface area contributed by atoms with Crippen LogP contribution in [0.25, 0.3) is 0 Å². The van der Waals surface area contributed by atoms with E-state index >= 15 is 0 Å². The monoisotopic (exact) mass is 270 g/mol. The summed E-state index contributed by atoms with van der Waals surface area (Å²) in [6, 6.07) is 14.0. The summed E-state index contributed by atoms with van der Waals surface area (Å²) in [4.78, 5) is 0. The molecular formula is C16H15FN2O. The largest absolute Gasteiger partial charge is 0.380 e. The first kappa shape index (κ1) is 14.0. The summed E-state index contributed by atoms with van der Waals surface area (Å²) in [5, 5.41) is 12.2. The van der Waals surface area contributed by atoms with Crippen LogP contribution in [0.5, 0.6) is 0 Å². The first-order valence-corrected chi connectivity index (χ1v) is 6.24. The molecule has 0 spiro atoms. The van der Waals surface area contributed by atoms with Gasteiger partial charge in [0.25, 0.3) is 0 Å². The molecule has 2 rings (SSSR count). The Morgan fingerprint density at radius 2 is 1.95 bits per heavy atom. The fraction of sp³-hybridized carbons (Fsp3) is 0.188. The van der Waals surface area contributed by atoms with Gasteiger partial charge in [-0.3, -0.25) is 0 Å².